The van der Waals surface area contributed by atoms with E-state index in [0.717, 1.165) is 22.3 Å². The molecule has 0 unspecified atom stereocenters. The Bertz CT molecular complexity index is 2520. The van der Waals surface area contributed by atoms with Crippen molar-refractivity contribution in [2.45, 2.75) is 108 Å². The van der Waals surface area contributed by atoms with Crippen LogP contribution in [0.4, 0.5) is 4.79 Å². The zero-order chi connectivity index (χ0) is 50.6. The number of amides is 4. The van der Waals surface area contributed by atoms with Crippen molar-refractivity contribution >= 4 is 41.7 Å². The van der Waals surface area contributed by atoms with Gasteiger partial charge in [0.25, 0.3) is 0 Å². The van der Waals surface area contributed by atoms with Crippen molar-refractivity contribution in [1.82, 2.24) is 21.3 Å². The molecular formula is C55H60N4O11. The maximum atomic E-state index is 14.8. The fourth-order valence-electron chi connectivity index (χ4n) is 8.43. The van der Waals surface area contributed by atoms with Crippen LogP contribution in [0.3, 0.4) is 0 Å². The van der Waals surface area contributed by atoms with Gasteiger partial charge >= 0.3 is 24.0 Å². The molecule has 0 fully saturated rings. The Morgan fingerprint density at radius 3 is 1.40 bits per heavy atom. The zero-order valence-electron chi connectivity index (χ0n) is 40.2. The van der Waals surface area contributed by atoms with Gasteiger partial charge in [0.1, 0.15) is 41.5 Å². The highest BCUT2D eigenvalue weighted by atomic mass is 16.6. The van der Waals surface area contributed by atoms with Crippen molar-refractivity contribution in [1.29, 1.82) is 0 Å². The number of carbonyl (C=O) groups is 7. The number of nitrogens with one attached hydrogen (secondary N) is 4. The molecule has 6 rings (SSSR count). The number of aliphatic carboxylic acids is 1. The summed E-state index contributed by atoms with van der Waals surface area (Å²) < 4.78 is 16.6. The molecule has 15 heteroatoms. The fraction of sp³-hybridized carbons (Fsp3) is 0.327. The van der Waals surface area contributed by atoms with E-state index in [1.165, 1.54) is 0 Å². The van der Waals surface area contributed by atoms with Gasteiger partial charge < -0.3 is 40.6 Å². The SMILES string of the molecule is CC(C)(C)OC(=O)CC[C@H](NC(=O)[C@H](CC(=O)OC(C)(C)C)NC(=O)[C@H](CC(=O)NC(c1ccccc1)(c1ccccc1)c1ccccc1)NC(=O)OCC1c2ccccc2-c2ccccc21)C(=O)O. The van der Waals surface area contributed by atoms with E-state index in [9.17, 15) is 38.7 Å². The maximum Gasteiger partial charge on any atom is 0.407 e. The zero-order valence-corrected chi connectivity index (χ0v) is 40.2. The lowest BCUT2D eigenvalue weighted by Crippen LogP contribution is -2.58. The molecule has 0 bridgehead atoms. The monoisotopic (exact) mass is 952 g/mol. The Kier molecular flexibility index (Phi) is 16.6. The number of esters is 2. The van der Waals surface area contributed by atoms with Crippen molar-refractivity contribution in [3.8, 4) is 11.1 Å². The molecule has 5 N–H and O–H groups in total. The smallest absolute Gasteiger partial charge is 0.407 e. The minimum Gasteiger partial charge on any atom is -0.480 e. The maximum absolute atomic E-state index is 14.8. The first-order valence-electron chi connectivity index (χ1n) is 23.1. The topological polar surface area (TPSA) is 216 Å². The van der Waals surface area contributed by atoms with E-state index in [4.69, 9.17) is 14.2 Å². The lowest BCUT2D eigenvalue weighted by molar-refractivity contribution is -0.157. The molecular weight excluding hydrogens is 893 g/mol. The van der Waals surface area contributed by atoms with E-state index >= 15 is 0 Å². The summed E-state index contributed by atoms with van der Waals surface area (Å²) >= 11 is 0. The van der Waals surface area contributed by atoms with Gasteiger partial charge in [-0.05, 0) is 86.9 Å². The molecule has 0 aromatic heterocycles. The van der Waals surface area contributed by atoms with Gasteiger partial charge in [-0.1, -0.05) is 140 Å². The molecule has 3 atom stereocenters. The molecule has 1 aliphatic carbocycles. The first-order chi connectivity index (χ1) is 33.2. The second-order valence-corrected chi connectivity index (χ2v) is 19.0. The number of ether oxygens (including phenoxy) is 3. The summed E-state index contributed by atoms with van der Waals surface area (Å²) in [5, 5.41) is 20.6. The molecule has 15 nitrogen and oxygen atoms in total. The third kappa shape index (κ3) is 13.5. The van der Waals surface area contributed by atoms with Gasteiger partial charge in [-0.15, -0.1) is 0 Å². The van der Waals surface area contributed by atoms with Crippen LogP contribution in [0.15, 0.2) is 140 Å². The van der Waals surface area contributed by atoms with Crippen LogP contribution in [0.2, 0.25) is 0 Å². The summed E-state index contributed by atoms with van der Waals surface area (Å²) in [7, 11) is 0. The predicted molar refractivity (Wildman–Crippen MR) is 261 cm³/mol. The van der Waals surface area contributed by atoms with Gasteiger partial charge in [0.15, 0.2) is 0 Å². The molecule has 4 amide bonds. The highest BCUT2D eigenvalue weighted by molar-refractivity contribution is 5.97. The Labute approximate surface area is 407 Å². The van der Waals surface area contributed by atoms with E-state index < -0.39 is 89.4 Å². The van der Waals surface area contributed by atoms with Crippen LogP contribution in [-0.4, -0.2) is 82.8 Å². The molecule has 0 heterocycles. The third-order valence-corrected chi connectivity index (χ3v) is 11.4. The largest absolute Gasteiger partial charge is 0.480 e. The van der Waals surface area contributed by atoms with Crippen molar-refractivity contribution < 1.29 is 52.9 Å². The number of carboxylic acid groups (broad SMARTS) is 1. The average Bonchev–Trinajstić information content (AvgIpc) is 3.63. The minimum atomic E-state index is -1.79. The lowest BCUT2D eigenvalue weighted by atomic mass is 9.77. The Morgan fingerprint density at radius 1 is 0.529 bits per heavy atom. The number of fused-ring (bicyclic) bond motifs is 3. The summed E-state index contributed by atoms with van der Waals surface area (Å²) in [6, 6.07) is 38.0. The van der Waals surface area contributed by atoms with Gasteiger partial charge in [-0.3, -0.25) is 24.0 Å². The van der Waals surface area contributed by atoms with Crippen LogP contribution in [0.1, 0.15) is 101 Å². The van der Waals surface area contributed by atoms with Crippen LogP contribution >= 0.6 is 0 Å². The number of alkyl carbamates (subject to hydrolysis) is 1. The Hall–Kier alpha value is -7.81. The second-order valence-electron chi connectivity index (χ2n) is 19.0. The summed E-state index contributed by atoms with van der Waals surface area (Å²) in [4.78, 5) is 95.6. The number of benzene rings is 5. The molecule has 1 aliphatic rings. The van der Waals surface area contributed by atoms with Crippen LogP contribution in [0, 0.1) is 0 Å². The number of carbonyl (C=O) groups excluding carboxylic acids is 6. The molecule has 5 aromatic carbocycles. The second kappa shape index (κ2) is 22.5. The van der Waals surface area contributed by atoms with Gasteiger partial charge in [0.05, 0.1) is 12.8 Å². The molecule has 5 aromatic rings. The van der Waals surface area contributed by atoms with E-state index in [2.05, 4.69) is 21.3 Å². The normalized spacial score (nSPS) is 13.5. The lowest BCUT2D eigenvalue weighted by Gasteiger charge is -2.37. The molecule has 0 saturated carbocycles. The quantitative estimate of drug-likeness (QED) is 0.0315. The van der Waals surface area contributed by atoms with E-state index in [-0.39, 0.29) is 25.4 Å². The van der Waals surface area contributed by atoms with E-state index in [1.807, 2.05) is 140 Å². The van der Waals surface area contributed by atoms with Crippen molar-refractivity contribution in [3.63, 3.8) is 0 Å². The summed E-state index contributed by atoms with van der Waals surface area (Å²) in [6.07, 6.45) is -3.32. The van der Waals surface area contributed by atoms with Crippen LogP contribution < -0.4 is 21.3 Å². The van der Waals surface area contributed by atoms with Gasteiger partial charge in [-0.25, -0.2) is 9.59 Å². The van der Waals surface area contributed by atoms with Gasteiger partial charge in [0.2, 0.25) is 17.7 Å². The van der Waals surface area contributed by atoms with Crippen LogP contribution in [0.5, 0.6) is 0 Å². The number of rotatable bonds is 19. The number of hydrogen-bond acceptors (Lipinski definition) is 10. The van der Waals surface area contributed by atoms with Gasteiger partial charge in [-0.2, -0.15) is 0 Å². The standard InChI is InChI=1S/C55H60N4O11/c1-53(2,3)69-47(61)31-30-43(51(65)66)56-50(64)45(33-48(62)70-54(4,5)6)57-49(63)44(58-52(67)68-34-42-40-28-18-16-26-38(40)39-27-17-19-29-41(39)42)32-46(60)59-55(35-20-10-7-11-21-35,36-22-12-8-13-23-36)37-24-14-9-15-25-37/h7-29,42-45H,30-34H2,1-6H3,(H,56,64)(H,57,63)(H,58,67)(H,59,60)(H,65,66)/t43-,44-,45-/m0/s1. The fourth-order valence-corrected chi connectivity index (χ4v) is 8.43. The average molecular weight is 953 g/mol. The highest BCUT2D eigenvalue weighted by Gasteiger charge is 2.40. The van der Waals surface area contributed by atoms with Crippen molar-refractivity contribution in [2.24, 2.45) is 0 Å². The summed E-state index contributed by atoms with van der Waals surface area (Å²) in [5.74, 6) is -6.39. The first kappa shape index (κ1) is 51.6. The molecule has 0 saturated heterocycles. The molecule has 0 spiro atoms. The Morgan fingerprint density at radius 2 is 0.943 bits per heavy atom. The minimum absolute atomic E-state index is 0.136. The molecule has 0 aliphatic heterocycles. The molecule has 366 valence electrons. The molecule has 0 radical (unpaired) electrons. The highest BCUT2D eigenvalue weighted by Crippen LogP contribution is 2.44. The van der Waals surface area contributed by atoms with Crippen LogP contribution in [-0.2, 0) is 48.5 Å². The predicted octanol–water partition coefficient (Wildman–Crippen LogP) is 7.30. The van der Waals surface area contributed by atoms with Gasteiger partial charge in [0, 0.05) is 12.3 Å². The third-order valence-electron chi connectivity index (χ3n) is 11.4. The van der Waals surface area contributed by atoms with Crippen LogP contribution in [0.25, 0.3) is 11.1 Å². The number of carboxylic acids is 1. The molecule has 70 heavy (non-hydrogen) atoms. The number of hydrogen-bond donors (Lipinski definition) is 5. The van der Waals surface area contributed by atoms with Crippen molar-refractivity contribution in [2.75, 3.05) is 6.61 Å². The Balaban J connectivity index is 1.32. The first-order valence-corrected chi connectivity index (χ1v) is 23.1. The van der Waals surface area contributed by atoms with E-state index in [0.29, 0.717) is 16.7 Å². The van der Waals surface area contributed by atoms with E-state index in [1.54, 1.807) is 41.5 Å². The summed E-state index contributed by atoms with van der Waals surface area (Å²) in [6.45, 7) is 9.61. The van der Waals surface area contributed by atoms with Crippen molar-refractivity contribution in [3.05, 3.63) is 167 Å². The summed E-state index contributed by atoms with van der Waals surface area (Å²) in [5.41, 5.74) is 2.70.